The molecule has 0 amide bonds. The van der Waals surface area contributed by atoms with Crippen LogP contribution >= 0.6 is 0 Å². The maximum Gasteiger partial charge on any atom is 0.121 e. The van der Waals surface area contributed by atoms with Crippen LogP contribution < -0.4 is 5.32 Å². The monoisotopic (exact) mass is 280 g/mol. The van der Waals surface area contributed by atoms with E-state index in [0.29, 0.717) is 0 Å². The van der Waals surface area contributed by atoms with Gasteiger partial charge in [0.15, 0.2) is 0 Å². The minimum atomic E-state index is 0.208. The highest BCUT2D eigenvalue weighted by Gasteiger charge is 2.21. The van der Waals surface area contributed by atoms with Gasteiger partial charge >= 0.3 is 0 Å². The van der Waals surface area contributed by atoms with Crippen LogP contribution in [-0.4, -0.2) is 61.7 Å². The van der Waals surface area contributed by atoms with Crippen molar-refractivity contribution in [2.24, 2.45) is 4.99 Å². The zero-order valence-corrected chi connectivity index (χ0v) is 13.1. The van der Waals surface area contributed by atoms with Crippen molar-refractivity contribution in [3.63, 3.8) is 0 Å². The number of amidine groups is 1. The van der Waals surface area contributed by atoms with Crippen LogP contribution in [0.3, 0.4) is 0 Å². The van der Waals surface area contributed by atoms with Gasteiger partial charge in [0, 0.05) is 38.6 Å². The number of ether oxygens (including phenoxy) is 1. The molecule has 0 saturated carbocycles. The van der Waals surface area contributed by atoms with E-state index in [4.69, 9.17) is 9.73 Å². The number of hydrogen-bond donors (Lipinski definition) is 1. The summed E-state index contributed by atoms with van der Waals surface area (Å²) in [5, 5.41) is 3.57. The number of rotatable bonds is 3. The Morgan fingerprint density at radius 3 is 3.05 bits per heavy atom. The molecule has 1 N–H and O–H groups in total. The van der Waals surface area contributed by atoms with Crippen LogP contribution in [0.5, 0.6) is 0 Å². The largest absolute Gasteiger partial charge is 0.384 e. The van der Waals surface area contributed by atoms with Crippen molar-refractivity contribution in [1.82, 2.24) is 15.1 Å². The van der Waals surface area contributed by atoms with E-state index < -0.39 is 0 Å². The van der Waals surface area contributed by atoms with Gasteiger partial charge in [-0.1, -0.05) is 13.3 Å². The summed E-state index contributed by atoms with van der Waals surface area (Å²) in [7, 11) is 2.07. The quantitative estimate of drug-likeness (QED) is 0.853. The van der Waals surface area contributed by atoms with Crippen LogP contribution in [0.1, 0.15) is 33.1 Å². The first-order chi connectivity index (χ1) is 9.70. The van der Waals surface area contributed by atoms with Gasteiger partial charge in [-0.3, -0.25) is 9.89 Å². The second-order valence-corrected chi connectivity index (χ2v) is 5.55. The third-order valence-corrected chi connectivity index (χ3v) is 3.91. The lowest BCUT2D eigenvalue weighted by Gasteiger charge is -2.31. The van der Waals surface area contributed by atoms with Crippen LogP contribution in [-0.2, 0) is 4.74 Å². The molecule has 1 atom stereocenters. The third kappa shape index (κ3) is 4.21. The Hall–Kier alpha value is -1.07. The molecule has 0 aromatic carbocycles. The van der Waals surface area contributed by atoms with Crippen molar-refractivity contribution in [3.8, 4) is 0 Å². The molecule has 0 aromatic rings. The molecule has 2 rings (SSSR count). The van der Waals surface area contributed by atoms with Gasteiger partial charge in [-0.05, 0) is 19.8 Å². The molecule has 114 valence electrons. The fourth-order valence-electron chi connectivity index (χ4n) is 2.64. The molecule has 0 radical (unpaired) electrons. The molecular weight excluding hydrogens is 252 g/mol. The molecule has 0 spiro atoms. The maximum absolute atomic E-state index is 5.55. The topological polar surface area (TPSA) is 40.1 Å². The van der Waals surface area contributed by atoms with E-state index in [1.54, 1.807) is 0 Å². The standard InChI is InChI=1S/C15H28N4O/c1-4-6-14-12-18(3)13(2)17-15(11-16-14)19-7-5-9-20-10-8-19/h12,15-16H,4-11H2,1-3H3/b14-12+,17-13-. The van der Waals surface area contributed by atoms with Gasteiger partial charge in [-0.15, -0.1) is 0 Å². The number of nitrogens with zero attached hydrogens (tertiary/aromatic N) is 3. The average molecular weight is 280 g/mol. The molecule has 1 unspecified atom stereocenters. The van der Waals surface area contributed by atoms with Gasteiger partial charge in [-0.2, -0.15) is 0 Å². The Morgan fingerprint density at radius 1 is 1.40 bits per heavy atom. The fourth-order valence-corrected chi connectivity index (χ4v) is 2.64. The minimum absolute atomic E-state index is 0.208. The third-order valence-electron chi connectivity index (χ3n) is 3.91. The summed E-state index contributed by atoms with van der Waals surface area (Å²) in [4.78, 5) is 9.44. The van der Waals surface area contributed by atoms with Crippen molar-refractivity contribution in [1.29, 1.82) is 0 Å². The summed E-state index contributed by atoms with van der Waals surface area (Å²) in [6.07, 6.45) is 5.72. The molecule has 0 aromatic heterocycles. The van der Waals surface area contributed by atoms with Crippen LogP contribution in [0.2, 0.25) is 0 Å². The molecule has 5 nitrogen and oxygen atoms in total. The van der Waals surface area contributed by atoms with Crippen molar-refractivity contribution < 1.29 is 4.74 Å². The number of allylic oxidation sites excluding steroid dienone is 1. The molecule has 5 heteroatoms. The SMILES string of the molecule is CCC/C1=C\N(C)/C(C)=N\C(N2CCCOCC2)CN1. The first-order valence-electron chi connectivity index (χ1n) is 7.74. The second-order valence-electron chi connectivity index (χ2n) is 5.55. The summed E-state index contributed by atoms with van der Waals surface area (Å²) < 4.78 is 5.55. The normalized spacial score (nSPS) is 31.1. The minimum Gasteiger partial charge on any atom is -0.384 e. The molecule has 0 bridgehead atoms. The van der Waals surface area contributed by atoms with E-state index >= 15 is 0 Å². The lowest BCUT2D eigenvalue weighted by Crippen LogP contribution is -2.44. The van der Waals surface area contributed by atoms with Crippen molar-refractivity contribution in [2.75, 3.05) is 39.9 Å². The van der Waals surface area contributed by atoms with Gasteiger partial charge in [0.1, 0.15) is 12.0 Å². The van der Waals surface area contributed by atoms with Crippen LogP contribution in [0, 0.1) is 0 Å². The van der Waals surface area contributed by atoms with Crippen LogP contribution in [0.25, 0.3) is 0 Å². The van der Waals surface area contributed by atoms with Crippen LogP contribution in [0.4, 0.5) is 0 Å². The lowest BCUT2D eigenvalue weighted by atomic mass is 10.2. The van der Waals surface area contributed by atoms with E-state index in [1.165, 1.54) is 5.70 Å². The summed E-state index contributed by atoms with van der Waals surface area (Å²) in [6, 6.07) is 0. The van der Waals surface area contributed by atoms with Crippen LogP contribution in [0.15, 0.2) is 16.9 Å². The second kappa shape index (κ2) is 7.64. The van der Waals surface area contributed by atoms with Crippen molar-refractivity contribution in [3.05, 3.63) is 11.9 Å². The first-order valence-corrected chi connectivity index (χ1v) is 7.74. The summed E-state index contributed by atoms with van der Waals surface area (Å²) in [6.45, 7) is 8.92. The highest BCUT2D eigenvalue weighted by molar-refractivity contribution is 5.80. The molecular formula is C15H28N4O. The first kappa shape index (κ1) is 15.3. The number of aliphatic imine (C=N–C) groups is 1. The van der Waals surface area contributed by atoms with Crippen molar-refractivity contribution >= 4 is 5.84 Å². The van der Waals surface area contributed by atoms with E-state index in [-0.39, 0.29) is 6.17 Å². The Kier molecular flexibility index (Phi) is 5.86. The van der Waals surface area contributed by atoms with Gasteiger partial charge in [0.25, 0.3) is 0 Å². The van der Waals surface area contributed by atoms with Gasteiger partial charge in [0.2, 0.25) is 0 Å². The predicted octanol–water partition coefficient (Wildman–Crippen LogP) is 1.63. The van der Waals surface area contributed by atoms with Gasteiger partial charge in [0.05, 0.1) is 13.2 Å². The highest BCUT2D eigenvalue weighted by Crippen LogP contribution is 2.12. The maximum atomic E-state index is 5.55. The fraction of sp³-hybridized carbons (Fsp3) is 0.800. The summed E-state index contributed by atoms with van der Waals surface area (Å²) in [5.41, 5.74) is 1.31. The number of hydrogen-bond acceptors (Lipinski definition) is 5. The Morgan fingerprint density at radius 2 is 2.25 bits per heavy atom. The van der Waals surface area contributed by atoms with E-state index in [1.807, 2.05) is 0 Å². The van der Waals surface area contributed by atoms with E-state index in [2.05, 4.69) is 42.2 Å². The molecule has 2 aliphatic heterocycles. The molecule has 20 heavy (non-hydrogen) atoms. The predicted molar refractivity (Wildman–Crippen MR) is 82.7 cm³/mol. The molecule has 2 aliphatic rings. The number of nitrogens with one attached hydrogen (secondary N) is 1. The lowest BCUT2D eigenvalue weighted by molar-refractivity contribution is 0.132. The molecule has 1 fully saturated rings. The molecule has 0 aliphatic carbocycles. The summed E-state index contributed by atoms with van der Waals surface area (Å²) >= 11 is 0. The zero-order chi connectivity index (χ0) is 14.4. The molecule has 2 heterocycles. The Balaban J connectivity index is 2.08. The Bertz CT molecular complexity index is 359. The van der Waals surface area contributed by atoms with Gasteiger partial charge < -0.3 is 15.0 Å². The Labute approximate surface area is 122 Å². The molecule has 1 saturated heterocycles. The summed E-state index contributed by atoms with van der Waals surface area (Å²) in [5.74, 6) is 1.08. The van der Waals surface area contributed by atoms with E-state index in [9.17, 15) is 0 Å². The highest BCUT2D eigenvalue weighted by atomic mass is 16.5. The average Bonchev–Trinajstić information content (AvgIpc) is 2.70. The zero-order valence-electron chi connectivity index (χ0n) is 13.1. The van der Waals surface area contributed by atoms with Crippen molar-refractivity contribution in [2.45, 2.75) is 39.3 Å². The smallest absolute Gasteiger partial charge is 0.121 e. The van der Waals surface area contributed by atoms with E-state index in [0.717, 1.165) is 57.9 Å². The van der Waals surface area contributed by atoms with Gasteiger partial charge in [-0.25, -0.2) is 0 Å².